The first kappa shape index (κ1) is 21.1. The maximum absolute atomic E-state index is 12.5. The number of carbonyl (C=O) groups is 1. The SMILES string of the molecule is Cc1cccc(C)c1NC(=O)CN(C)[C@H](C)/C(O)=C(\C#N)c1nc2ccccc2[nH]1. The molecule has 0 saturated heterocycles. The molecule has 0 fully saturated rings. The van der Waals surface area contributed by atoms with Crippen LogP contribution in [0.5, 0.6) is 0 Å². The van der Waals surface area contributed by atoms with Crippen LogP contribution in [0.4, 0.5) is 5.69 Å². The number of fused-ring (bicyclic) bond motifs is 1. The molecule has 0 aliphatic heterocycles. The molecule has 0 saturated carbocycles. The lowest BCUT2D eigenvalue weighted by Gasteiger charge is -2.24. The molecule has 1 aromatic heterocycles. The zero-order valence-electron chi connectivity index (χ0n) is 17.5. The van der Waals surface area contributed by atoms with Gasteiger partial charge in [0.15, 0.2) is 5.82 Å². The van der Waals surface area contributed by atoms with Gasteiger partial charge in [0.2, 0.25) is 5.91 Å². The third-order valence-corrected chi connectivity index (χ3v) is 5.19. The summed E-state index contributed by atoms with van der Waals surface area (Å²) < 4.78 is 0. The van der Waals surface area contributed by atoms with Crippen LogP contribution >= 0.6 is 0 Å². The second-order valence-corrected chi connectivity index (χ2v) is 7.38. The van der Waals surface area contributed by atoms with Gasteiger partial charge in [-0.05, 0) is 51.1 Å². The first-order valence-corrected chi connectivity index (χ1v) is 9.66. The van der Waals surface area contributed by atoms with Crippen LogP contribution in [0, 0.1) is 25.2 Å². The molecular formula is C23H25N5O2. The molecule has 154 valence electrons. The standard InChI is InChI=1S/C23H25N5O2/c1-14-8-7-9-15(2)21(14)27-20(29)13-28(4)16(3)22(30)17(12-24)23-25-18-10-5-6-11-19(18)26-23/h5-11,16,30H,13H2,1-4H3,(H,25,26)(H,27,29)/b22-17-/t16-/m1/s1. The van der Waals surface area contributed by atoms with Crippen molar-refractivity contribution >= 4 is 28.2 Å². The summed E-state index contributed by atoms with van der Waals surface area (Å²) >= 11 is 0. The minimum atomic E-state index is -0.559. The Labute approximate surface area is 175 Å². The number of amides is 1. The molecule has 3 rings (SSSR count). The molecule has 30 heavy (non-hydrogen) atoms. The molecule has 0 aliphatic carbocycles. The van der Waals surface area contributed by atoms with Gasteiger partial charge in [-0.15, -0.1) is 0 Å². The van der Waals surface area contributed by atoms with Gasteiger partial charge >= 0.3 is 0 Å². The number of allylic oxidation sites excluding steroid dienone is 1. The summed E-state index contributed by atoms with van der Waals surface area (Å²) in [6.07, 6.45) is 0. The van der Waals surface area contributed by atoms with Gasteiger partial charge in [-0.2, -0.15) is 5.26 Å². The number of aliphatic hydroxyl groups excluding tert-OH is 1. The van der Waals surface area contributed by atoms with Crippen molar-refractivity contribution in [1.29, 1.82) is 5.26 Å². The van der Waals surface area contributed by atoms with Crippen LogP contribution in [-0.4, -0.2) is 45.5 Å². The maximum atomic E-state index is 12.5. The number of benzene rings is 2. The van der Waals surface area contributed by atoms with Crippen LogP contribution in [0.1, 0.15) is 23.9 Å². The van der Waals surface area contributed by atoms with Gasteiger partial charge < -0.3 is 15.4 Å². The fourth-order valence-corrected chi connectivity index (χ4v) is 3.27. The van der Waals surface area contributed by atoms with E-state index >= 15 is 0 Å². The molecule has 7 nitrogen and oxygen atoms in total. The van der Waals surface area contributed by atoms with E-state index in [4.69, 9.17) is 0 Å². The number of anilines is 1. The van der Waals surface area contributed by atoms with Gasteiger partial charge in [-0.3, -0.25) is 9.69 Å². The smallest absolute Gasteiger partial charge is 0.238 e. The highest BCUT2D eigenvalue weighted by molar-refractivity contribution is 5.93. The topological polar surface area (TPSA) is 105 Å². The molecule has 1 amide bonds. The number of imidazole rings is 1. The number of aryl methyl sites for hydroxylation is 2. The maximum Gasteiger partial charge on any atom is 0.238 e. The Hall–Kier alpha value is -3.63. The van der Waals surface area contributed by atoms with Crippen molar-refractivity contribution in [2.24, 2.45) is 0 Å². The van der Waals surface area contributed by atoms with Gasteiger partial charge in [-0.1, -0.05) is 30.3 Å². The Morgan fingerprint density at radius 1 is 1.23 bits per heavy atom. The second kappa shape index (κ2) is 8.80. The number of rotatable bonds is 6. The molecule has 3 aromatic rings. The minimum absolute atomic E-state index is 0.0534. The van der Waals surface area contributed by atoms with Crippen molar-refractivity contribution in [2.45, 2.75) is 26.8 Å². The largest absolute Gasteiger partial charge is 0.509 e. The first-order valence-electron chi connectivity index (χ1n) is 9.66. The van der Waals surface area contributed by atoms with E-state index < -0.39 is 6.04 Å². The summed E-state index contributed by atoms with van der Waals surface area (Å²) in [6, 6.07) is 14.7. The number of para-hydroxylation sites is 3. The van der Waals surface area contributed by atoms with Gasteiger partial charge in [0.25, 0.3) is 0 Å². The van der Waals surface area contributed by atoms with Crippen molar-refractivity contribution in [3.05, 3.63) is 65.2 Å². The first-order chi connectivity index (χ1) is 14.3. The normalized spacial score (nSPS) is 13.1. The number of aromatic nitrogens is 2. The van der Waals surface area contributed by atoms with Gasteiger partial charge in [0.1, 0.15) is 17.4 Å². The molecular weight excluding hydrogens is 378 g/mol. The average Bonchev–Trinajstić information content (AvgIpc) is 3.14. The van der Waals surface area contributed by atoms with Crippen LogP contribution in [0.25, 0.3) is 16.6 Å². The zero-order chi connectivity index (χ0) is 21.8. The molecule has 0 unspecified atom stereocenters. The van der Waals surface area contributed by atoms with E-state index in [1.165, 1.54) is 0 Å². The van der Waals surface area contributed by atoms with Gasteiger partial charge in [0.05, 0.1) is 23.6 Å². The van der Waals surface area contributed by atoms with Crippen LogP contribution in [0.3, 0.4) is 0 Å². The highest BCUT2D eigenvalue weighted by atomic mass is 16.3. The van der Waals surface area contributed by atoms with E-state index in [1.807, 2.05) is 62.4 Å². The number of likely N-dealkylation sites (N-methyl/N-ethyl adjacent to an activating group) is 1. The lowest BCUT2D eigenvalue weighted by atomic mass is 10.1. The molecule has 1 atom stereocenters. The predicted molar refractivity (Wildman–Crippen MR) is 118 cm³/mol. The molecule has 3 N–H and O–H groups in total. The predicted octanol–water partition coefficient (Wildman–Crippen LogP) is 3.93. The van der Waals surface area contributed by atoms with Crippen LogP contribution < -0.4 is 5.32 Å². The Bertz CT molecular complexity index is 1100. The molecule has 7 heteroatoms. The Morgan fingerprint density at radius 3 is 2.53 bits per heavy atom. The molecule has 0 radical (unpaired) electrons. The number of nitriles is 1. The summed E-state index contributed by atoms with van der Waals surface area (Å²) in [5.74, 6) is -0.0350. The van der Waals surface area contributed by atoms with E-state index in [9.17, 15) is 15.2 Å². The van der Waals surface area contributed by atoms with Gasteiger partial charge in [-0.25, -0.2) is 4.98 Å². The molecule has 2 aromatic carbocycles. The third-order valence-electron chi connectivity index (χ3n) is 5.19. The molecule has 0 bridgehead atoms. The Balaban J connectivity index is 1.77. The number of H-pyrrole nitrogens is 1. The summed E-state index contributed by atoms with van der Waals surface area (Å²) in [5.41, 5.74) is 4.31. The Kier molecular flexibility index (Phi) is 6.19. The van der Waals surface area contributed by atoms with Crippen LogP contribution in [0.2, 0.25) is 0 Å². The number of nitrogens with zero attached hydrogens (tertiary/aromatic N) is 3. The van der Waals surface area contributed by atoms with Gasteiger partial charge in [0, 0.05) is 5.69 Å². The summed E-state index contributed by atoms with van der Waals surface area (Å²) in [5, 5.41) is 23.3. The number of nitrogens with one attached hydrogen (secondary N) is 2. The summed E-state index contributed by atoms with van der Waals surface area (Å²) in [4.78, 5) is 21.7. The molecule has 1 heterocycles. The van der Waals surface area contributed by atoms with E-state index in [0.29, 0.717) is 11.3 Å². The zero-order valence-corrected chi connectivity index (χ0v) is 17.5. The Morgan fingerprint density at radius 2 is 1.90 bits per heavy atom. The highest BCUT2D eigenvalue weighted by Gasteiger charge is 2.23. The van der Waals surface area contributed by atoms with Crippen molar-refractivity contribution < 1.29 is 9.90 Å². The lowest BCUT2D eigenvalue weighted by molar-refractivity contribution is -0.117. The second-order valence-electron chi connectivity index (χ2n) is 7.38. The third kappa shape index (κ3) is 4.34. The minimum Gasteiger partial charge on any atom is -0.509 e. The summed E-state index contributed by atoms with van der Waals surface area (Å²) in [6.45, 7) is 5.67. The number of aliphatic hydroxyl groups is 1. The van der Waals surface area contributed by atoms with Crippen molar-refractivity contribution in [3.63, 3.8) is 0 Å². The van der Waals surface area contributed by atoms with E-state index in [-0.39, 0.29) is 23.8 Å². The van der Waals surface area contributed by atoms with Crippen molar-refractivity contribution in [3.8, 4) is 6.07 Å². The fraction of sp³-hybridized carbons (Fsp3) is 0.261. The molecule has 0 aliphatic rings. The monoisotopic (exact) mass is 403 g/mol. The number of aromatic amines is 1. The average molecular weight is 403 g/mol. The number of hydrogen-bond donors (Lipinski definition) is 3. The van der Waals surface area contributed by atoms with Crippen LogP contribution in [-0.2, 0) is 4.79 Å². The fourth-order valence-electron chi connectivity index (χ4n) is 3.27. The van der Waals surface area contributed by atoms with E-state index in [0.717, 1.165) is 22.3 Å². The van der Waals surface area contributed by atoms with E-state index in [1.54, 1.807) is 18.9 Å². The lowest BCUT2D eigenvalue weighted by Crippen LogP contribution is -2.38. The quantitative estimate of drug-likeness (QED) is 0.427. The molecule has 0 spiro atoms. The number of carbonyl (C=O) groups excluding carboxylic acids is 1. The van der Waals surface area contributed by atoms with Crippen molar-refractivity contribution in [2.75, 3.05) is 18.9 Å². The highest BCUT2D eigenvalue weighted by Crippen LogP contribution is 2.22. The summed E-state index contributed by atoms with van der Waals surface area (Å²) in [7, 11) is 1.72. The number of hydrogen-bond acceptors (Lipinski definition) is 5. The van der Waals surface area contributed by atoms with Crippen LogP contribution in [0.15, 0.2) is 48.2 Å². The van der Waals surface area contributed by atoms with Crippen molar-refractivity contribution in [1.82, 2.24) is 14.9 Å². The van der Waals surface area contributed by atoms with E-state index in [2.05, 4.69) is 15.3 Å².